The second-order valence-electron chi connectivity index (χ2n) is 7.65. The van der Waals surface area contributed by atoms with E-state index < -0.39 is 11.6 Å². The van der Waals surface area contributed by atoms with E-state index >= 15 is 0 Å². The number of imidazole rings is 1. The highest BCUT2D eigenvalue weighted by molar-refractivity contribution is 5.92. The zero-order valence-electron chi connectivity index (χ0n) is 15.2. The molecular weight excluding hydrogens is 336 g/mol. The Bertz CT molecular complexity index is 987. The molecule has 1 aromatic heterocycles. The number of hydrogen-bond donors (Lipinski definition) is 1. The number of carbonyl (C=O) groups excluding carboxylic acids is 1. The summed E-state index contributed by atoms with van der Waals surface area (Å²) in [6.45, 7) is 7.83. The molecule has 0 bridgehead atoms. The molecule has 0 fully saturated rings. The van der Waals surface area contributed by atoms with Crippen molar-refractivity contribution in [2.75, 3.05) is 5.32 Å². The van der Waals surface area contributed by atoms with Crippen LogP contribution in [0.5, 0.6) is 0 Å². The Morgan fingerprint density at radius 1 is 1.12 bits per heavy atom. The van der Waals surface area contributed by atoms with Gasteiger partial charge in [0.2, 0.25) is 11.9 Å². The zero-order valence-corrected chi connectivity index (χ0v) is 15.2. The molecule has 1 N–H and O–H groups in total. The Labute approximate surface area is 150 Å². The summed E-state index contributed by atoms with van der Waals surface area (Å²) in [6.07, 6.45) is 0.313. The number of benzene rings is 2. The molecular formula is C20H21F2N3O. The lowest BCUT2D eigenvalue weighted by atomic mass is 9.92. The Hall–Kier alpha value is -2.76. The fourth-order valence-electron chi connectivity index (χ4n) is 2.81. The van der Waals surface area contributed by atoms with Crippen molar-refractivity contribution >= 4 is 22.9 Å². The van der Waals surface area contributed by atoms with Crippen molar-refractivity contribution < 1.29 is 13.6 Å². The third-order valence-corrected chi connectivity index (χ3v) is 3.91. The van der Waals surface area contributed by atoms with Crippen LogP contribution in [0.3, 0.4) is 0 Å². The molecule has 0 atom stereocenters. The Morgan fingerprint density at radius 2 is 1.85 bits per heavy atom. The van der Waals surface area contributed by atoms with E-state index in [9.17, 15) is 13.6 Å². The molecule has 26 heavy (non-hydrogen) atoms. The van der Waals surface area contributed by atoms with Crippen molar-refractivity contribution in [2.24, 2.45) is 5.41 Å². The summed E-state index contributed by atoms with van der Waals surface area (Å²) in [5.74, 6) is -1.78. The fourth-order valence-corrected chi connectivity index (χ4v) is 2.81. The van der Waals surface area contributed by atoms with Crippen molar-refractivity contribution in [3.63, 3.8) is 0 Å². The van der Waals surface area contributed by atoms with E-state index in [1.165, 1.54) is 6.07 Å². The molecule has 6 heteroatoms. The van der Waals surface area contributed by atoms with E-state index in [-0.39, 0.29) is 17.3 Å². The SMILES string of the molecule is Cc1ccc2nc(NC(=O)CC(C)(C)C)n(-c3ccc(F)c(F)c3)c2c1. The van der Waals surface area contributed by atoms with Crippen LogP contribution in [0.2, 0.25) is 0 Å². The summed E-state index contributed by atoms with van der Waals surface area (Å²) in [6, 6.07) is 9.25. The predicted molar refractivity (Wildman–Crippen MR) is 98.4 cm³/mol. The van der Waals surface area contributed by atoms with Gasteiger partial charge in [-0.1, -0.05) is 26.8 Å². The minimum atomic E-state index is -0.955. The number of amides is 1. The number of hydrogen-bond acceptors (Lipinski definition) is 2. The van der Waals surface area contributed by atoms with E-state index in [4.69, 9.17) is 0 Å². The van der Waals surface area contributed by atoms with Gasteiger partial charge in [0.1, 0.15) is 0 Å². The molecule has 0 spiro atoms. The van der Waals surface area contributed by atoms with Crippen molar-refractivity contribution in [1.29, 1.82) is 0 Å². The van der Waals surface area contributed by atoms with E-state index in [0.29, 0.717) is 23.1 Å². The van der Waals surface area contributed by atoms with Crippen molar-refractivity contribution in [2.45, 2.75) is 34.1 Å². The van der Waals surface area contributed by atoms with Crippen LogP contribution in [0.1, 0.15) is 32.8 Å². The molecule has 3 aromatic rings. The van der Waals surface area contributed by atoms with Crippen LogP contribution in [-0.2, 0) is 4.79 Å². The van der Waals surface area contributed by atoms with Crippen LogP contribution < -0.4 is 5.32 Å². The number of anilines is 1. The van der Waals surface area contributed by atoms with Crippen LogP contribution in [0, 0.1) is 24.0 Å². The van der Waals surface area contributed by atoms with Gasteiger partial charge in [-0.25, -0.2) is 13.8 Å². The largest absolute Gasteiger partial charge is 0.296 e. The normalized spacial score (nSPS) is 11.8. The molecule has 0 aliphatic carbocycles. The maximum Gasteiger partial charge on any atom is 0.227 e. The molecule has 1 heterocycles. The minimum Gasteiger partial charge on any atom is -0.296 e. The van der Waals surface area contributed by atoms with Crippen molar-refractivity contribution in [3.8, 4) is 5.69 Å². The van der Waals surface area contributed by atoms with Gasteiger partial charge in [0.15, 0.2) is 11.6 Å². The Kier molecular flexibility index (Phi) is 4.52. The van der Waals surface area contributed by atoms with Gasteiger partial charge in [0.05, 0.1) is 16.7 Å². The third-order valence-electron chi connectivity index (χ3n) is 3.91. The molecule has 4 nitrogen and oxygen atoms in total. The Morgan fingerprint density at radius 3 is 2.50 bits per heavy atom. The van der Waals surface area contributed by atoms with Crippen LogP contribution >= 0.6 is 0 Å². The Balaban J connectivity index is 2.13. The van der Waals surface area contributed by atoms with Gasteiger partial charge in [-0.3, -0.25) is 14.7 Å². The average molecular weight is 357 g/mol. The molecule has 0 saturated heterocycles. The van der Waals surface area contributed by atoms with Crippen LogP contribution in [0.25, 0.3) is 16.7 Å². The molecule has 0 radical (unpaired) electrons. The monoisotopic (exact) mass is 357 g/mol. The molecule has 0 aliphatic rings. The van der Waals surface area contributed by atoms with Gasteiger partial charge in [-0.05, 0) is 42.2 Å². The average Bonchev–Trinajstić information content (AvgIpc) is 2.85. The summed E-state index contributed by atoms with van der Waals surface area (Å²) in [7, 11) is 0. The summed E-state index contributed by atoms with van der Waals surface area (Å²) < 4.78 is 28.7. The van der Waals surface area contributed by atoms with Crippen molar-refractivity contribution in [1.82, 2.24) is 9.55 Å². The molecule has 3 rings (SSSR count). The zero-order chi connectivity index (χ0) is 19.1. The van der Waals surface area contributed by atoms with Gasteiger partial charge in [0, 0.05) is 12.5 Å². The first-order valence-corrected chi connectivity index (χ1v) is 8.38. The summed E-state index contributed by atoms with van der Waals surface area (Å²) in [4.78, 5) is 16.8. The lowest BCUT2D eigenvalue weighted by molar-refractivity contribution is -0.117. The minimum absolute atomic E-state index is 0.181. The molecule has 0 unspecified atom stereocenters. The van der Waals surface area contributed by atoms with E-state index in [1.807, 2.05) is 45.9 Å². The molecule has 136 valence electrons. The number of nitrogens with zero attached hydrogens (tertiary/aromatic N) is 2. The number of rotatable bonds is 3. The van der Waals surface area contributed by atoms with E-state index in [0.717, 1.165) is 17.7 Å². The van der Waals surface area contributed by atoms with Crippen LogP contribution in [0.4, 0.5) is 14.7 Å². The molecule has 1 amide bonds. The smallest absolute Gasteiger partial charge is 0.227 e. The maximum atomic E-state index is 13.8. The van der Waals surface area contributed by atoms with E-state index in [2.05, 4.69) is 10.3 Å². The van der Waals surface area contributed by atoms with Crippen LogP contribution in [-0.4, -0.2) is 15.5 Å². The van der Waals surface area contributed by atoms with Gasteiger partial charge < -0.3 is 0 Å². The second-order valence-corrected chi connectivity index (χ2v) is 7.65. The van der Waals surface area contributed by atoms with E-state index in [1.54, 1.807) is 4.57 Å². The van der Waals surface area contributed by atoms with Gasteiger partial charge in [-0.15, -0.1) is 0 Å². The lowest BCUT2D eigenvalue weighted by Gasteiger charge is -2.17. The fraction of sp³-hybridized carbons (Fsp3) is 0.300. The van der Waals surface area contributed by atoms with Gasteiger partial charge >= 0.3 is 0 Å². The topological polar surface area (TPSA) is 46.9 Å². The predicted octanol–water partition coefficient (Wildman–Crippen LogP) is 4.99. The summed E-state index contributed by atoms with van der Waals surface area (Å²) >= 11 is 0. The van der Waals surface area contributed by atoms with Crippen molar-refractivity contribution in [3.05, 3.63) is 53.6 Å². The lowest BCUT2D eigenvalue weighted by Crippen LogP contribution is -2.21. The molecule has 2 aromatic carbocycles. The van der Waals surface area contributed by atoms with Gasteiger partial charge in [-0.2, -0.15) is 0 Å². The highest BCUT2D eigenvalue weighted by Gasteiger charge is 2.20. The third kappa shape index (κ3) is 3.74. The summed E-state index contributed by atoms with van der Waals surface area (Å²) in [5, 5.41) is 2.81. The first-order valence-electron chi connectivity index (χ1n) is 8.38. The number of aryl methyl sites for hydroxylation is 1. The highest BCUT2D eigenvalue weighted by Crippen LogP contribution is 2.27. The first kappa shape index (κ1) is 18.0. The number of halogens is 2. The molecule has 0 aliphatic heterocycles. The summed E-state index contributed by atoms with van der Waals surface area (Å²) in [5.41, 5.74) is 2.57. The number of carbonyl (C=O) groups is 1. The molecule has 0 saturated carbocycles. The number of fused-ring (bicyclic) bond motifs is 1. The quantitative estimate of drug-likeness (QED) is 0.718. The maximum absolute atomic E-state index is 13.8. The van der Waals surface area contributed by atoms with Gasteiger partial charge in [0.25, 0.3) is 0 Å². The standard InChI is InChI=1S/C20H21F2N3O/c1-12-5-8-16-17(9-12)25(13-6-7-14(21)15(22)10-13)19(23-16)24-18(26)11-20(2,3)4/h5-10H,11H2,1-4H3,(H,23,24,26). The number of nitrogens with one attached hydrogen (secondary N) is 1. The first-order chi connectivity index (χ1) is 12.1. The highest BCUT2D eigenvalue weighted by atomic mass is 19.2. The number of aromatic nitrogens is 2. The van der Waals surface area contributed by atoms with Crippen LogP contribution in [0.15, 0.2) is 36.4 Å². The second kappa shape index (κ2) is 6.52.